The van der Waals surface area contributed by atoms with E-state index in [1.165, 1.54) is 5.56 Å². The molecule has 20 heavy (non-hydrogen) atoms. The lowest BCUT2D eigenvalue weighted by Crippen LogP contribution is -2.45. The molecule has 4 heteroatoms. The van der Waals surface area contributed by atoms with Crippen LogP contribution in [0.2, 0.25) is 0 Å². The monoisotopic (exact) mass is 276 g/mol. The molecule has 1 saturated heterocycles. The maximum atomic E-state index is 5.71. The van der Waals surface area contributed by atoms with Gasteiger partial charge in [0.2, 0.25) is 0 Å². The van der Waals surface area contributed by atoms with Gasteiger partial charge in [-0.2, -0.15) is 0 Å². The number of hydrogen-bond acceptors (Lipinski definition) is 4. The molecule has 110 valence electrons. The van der Waals surface area contributed by atoms with E-state index in [9.17, 15) is 0 Å². The Kier molecular flexibility index (Phi) is 4.55. The number of nitrogens with one attached hydrogen (secondary N) is 2. The fraction of sp³-hybridized carbons (Fsp3) is 0.625. The largest absolute Gasteiger partial charge is 0.493 e. The van der Waals surface area contributed by atoms with Crippen molar-refractivity contribution in [1.82, 2.24) is 10.6 Å². The van der Waals surface area contributed by atoms with Crippen molar-refractivity contribution in [3.8, 4) is 5.75 Å². The summed E-state index contributed by atoms with van der Waals surface area (Å²) in [5.41, 5.74) is 1.29. The van der Waals surface area contributed by atoms with E-state index in [1.807, 2.05) is 6.07 Å². The zero-order valence-electron chi connectivity index (χ0n) is 12.1. The highest BCUT2D eigenvalue weighted by molar-refractivity contribution is 5.37. The summed E-state index contributed by atoms with van der Waals surface area (Å²) in [6.45, 7) is 5.69. The second-order valence-corrected chi connectivity index (χ2v) is 5.76. The Balaban J connectivity index is 1.57. The van der Waals surface area contributed by atoms with Crippen molar-refractivity contribution < 1.29 is 9.47 Å². The summed E-state index contributed by atoms with van der Waals surface area (Å²) >= 11 is 0. The second kappa shape index (κ2) is 6.57. The first kappa shape index (κ1) is 13.9. The molecule has 2 aliphatic heterocycles. The number of rotatable bonds is 4. The van der Waals surface area contributed by atoms with Crippen LogP contribution >= 0.6 is 0 Å². The van der Waals surface area contributed by atoms with Crippen LogP contribution in [0.15, 0.2) is 24.3 Å². The van der Waals surface area contributed by atoms with Crippen LogP contribution in [0.3, 0.4) is 0 Å². The Hall–Kier alpha value is -1.10. The van der Waals surface area contributed by atoms with Crippen LogP contribution in [0.1, 0.15) is 31.4 Å². The van der Waals surface area contributed by atoms with Gasteiger partial charge in [-0.3, -0.25) is 0 Å². The first-order valence-corrected chi connectivity index (χ1v) is 7.62. The molecule has 0 bridgehead atoms. The molecule has 1 aromatic carbocycles. The third-order valence-electron chi connectivity index (χ3n) is 4.08. The highest BCUT2D eigenvalue weighted by Crippen LogP contribution is 2.31. The molecule has 1 fully saturated rings. The lowest BCUT2D eigenvalue weighted by Gasteiger charge is -2.32. The van der Waals surface area contributed by atoms with Gasteiger partial charge in [0.15, 0.2) is 0 Å². The zero-order chi connectivity index (χ0) is 13.8. The van der Waals surface area contributed by atoms with E-state index in [4.69, 9.17) is 9.47 Å². The van der Waals surface area contributed by atoms with E-state index < -0.39 is 0 Å². The second-order valence-electron chi connectivity index (χ2n) is 5.76. The lowest BCUT2D eigenvalue weighted by molar-refractivity contribution is 0.0704. The first-order valence-electron chi connectivity index (χ1n) is 7.62. The Morgan fingerprint density at radius 2 is 2.25 bits per heavy atom. The topological polar surface area (TPSA) is 42.5 Å². The fourth-order valence-electron chi connectivity index (χ4n) is 3.12. The normalized spacial score (nSPS) is 27.4. The van der Waals surface area contributed by atoms with Crippen molar-refractivity contribution in [2.45, 2.75) is 37.9 Å². The van der Waals surface area contributed by atoms with Crippen LogP contribution < -0.4 is 15.4 Å². The van der Waals surface area contributed by atoms with Gasteiger partial charge in [0, 0.05) is 36.7 Å². The van der Waals surface area contributed by atoms with Crippen molar-refractivity contribution in [3.05, 3.63) is 29.8 Å². The summed E-state index contributed by atoms with van der Waals surface area (Å²) < 4.78 is 11.2. The molecule has 3 unspecified atom stereocenters. The van der Waals surface area contributed by atoms with Gasteiger partial charge < -0.3 is 20.1 Å². The number of fused-ring (bicyclic) bond motifs is 1. The first-order chi connectivity index (χ1) is 9.83. The van der Waals surface area contributed by atoms with Crippen LogP contribution in [-0.2, 0) is 4.74 Å². The van der Waals surface area contributed by atoms with Crippen LogP contribution in [0.25, 0.3) is 0 Å². The SMILES string of the molecule is CC(CC1COCCN1)NC1CCOc2ccccc21. The molecule has 2 N–H and O–H groups in total. The number of benzene rings is 1. The van der Waals surface area contributed by atoms with Crippen molar-refractivity contribution >= 4 is 0 Å². The zero-order valence-corrected chi connectivity index (χ0v) is 12.1. The van der Waals surface area contributed by atoms with Crippen LogP contribution in [0.4, 0.5) is 0 Å². The molecule has 0 radical (unpaired) electrons. The smallest absolute Gasteiger partial charge is 0.124 e. The van der Waals surface area contributed by atoms with Gasteiger partial charge in [0.1, 0.15) is 5.75 Å². The van der Waals surface area contributed by atoms with Gasteiger partial charge in [-0.25, -0.2) is 0 Å². The standard InChI is InChI=1S/C16H24N2O2/c1-12(10-13-11-19-9-7-17-13)18-15-6-8-20-16-5-3-2-4-14(15)16/h2-5,12-13,15,17-18H,6-11H2,1H3. The third-order valence-corrected chi connectivity index (χ3v) is 4.08. The minimum absolute atomic E-state index is 0.402. The number of para-hydroxylation sites is 1. The van der Waals surface area contributed by atoms with E-state index in [-0.39, 0.29) is 0 Å². The summed E-state index contributed by atoms with van der Waals surface area (Å²) in [6.07, 6.45) is 2.13. The molecule has 2 heterocycles. The number of hydrogen-bond donors (Lipinski definition) is 2. The minimum Gasteiger partial charge on any atom is -0.493 e. The Bertz CT molecular complexity index is 432. The van der Waals surface area contributed by atoms with Crippen LogP contribution in [0, 0.1) is 0 Å². The molecule has 0 saturated carbocycles. The predicted octanol–water partition coefficient (Wildman–Crippen LogP) is 1.87. The molecule has 3 atom stereocenters. The third kappa shape index (κ3) is 3.32. The molecule has 0 aliphatic carbocycles. The quantitative estimate of drug-likeness (QED) is 0.881. The Morgan fingerprint density at radius 1 is 1.35 bits per heavy atom. The molecule has 1 aromatic rings. The average Bonchev–Trinajstić information content (AvgIpc) is 2.48. The molecular weight excluding hydrogens is 252 g/mol. The number of morpholine rings is 1. The molecule has 2 aliphatic rings. The van der Waals surface area contributed by atoms with Gasteiger partial charge in [-0.1, -0.05) is 18.2 Å². The van der Waals surface area contributed by atoms with Gasteiger partial charge in [0.25, 0.3) is 0 Å². The number of ether oxygens (including phenoxy) is 2. The lowest BCUT2D eigenvalue weighted by atomic mass is 9.98. The van der Waals surface area contributed by atoms with Crippen molar-refractivity contribution in [1.29, 1.82) is 0 Å². The molecule has 3 rings (SSSR count). The molecular formula is C16H24N2O2. The summed E-state index contributed by atoms with van der Waals surface area (Å²) in [7, 11) is 0. The van der Waals surface area contributed by atoms with E-state index in [2.05, 4.69) is 35.8 Å². The van der Waals surface area contributed by atoms with Gasteiger partial charge in [0.05, 0.1) is 19.8 Å². The fourth-order valence-corrected chi connectivity index (χ4v) is 3.12. The Labute approximate surface area is 120 Å². The van der Waals surface area contributed by atoms with Crippen molar-refractivity contribution in [3.63, 3.8) is 0 Å². The van der Waals surface area contributed by atoms with E-state index in [1.54, 1.807) is 0 Å². The maximum absolute atomic E-state index is 5.71. The van der Waals surface area contributed by atoms with E-state index >= 15 is 0 Å². The molecule has 0 spiro atoms. The summed E-state index contributed by atoms with van der Waals surface area (Å²) in [5, 5.41) is 7.26. The summed E-state index contributed by atoms with van der Waals surface area (Å²) in [4.78, 5) is 0. The van der Waals surface area contributed by atoms with Crippen LogP contribution in [0.5, 0.6) is 5.75 Å². The summed E-state index contributed by atoms with van der Waals surface area (Å²) in [6, 6.07) is 9.69. The maximum Gasteiger partial charge on any atom is 0.124 e. The van der Waals surface area contributed by atoms with Gasteiger partial charge in [-0.05, 0) is 19.4 Å². The molecule has 0 aromatic heterocycles. The molecule has 4 nitrogen and oxygen atoms in total. The minimum atomic E-state index is 0.402. The van der Waals surface area contributed by atoms with Crippen LogP contribution in [-0.4, -0.2) is 38.4 Å². The molecule has 0 amide bonds. The predicted molar refractivity (Wildman–Crippen MR) is 79.1 cm³/mol. The summed E-state index contributed by atoms with van der Waals surface area (Å²) in [5.74, 6) is 1.03. The highest BCUT2D eigenvalue weighted by atomic mass is 16.5. The van der Waals surface area contributed by atoms with E-state index in [0.717, 1.165) is 45.0 Å². The average molecular weight is 276 g/mol. The van der Waals surface area contributed by atoms with Gasteiger partial charge >= 0.3 is 0 Å². The van der Waals surface area contributed by atoms with Gasteiger partial charge in [-0.15, -0.1) is 0 Å². The van der Waals surface area contributed by atoms with Crippen molar-refractivity contribution in [2.75, 3.05) is 26.4 Å². The van der Waals surface area contributed by atoms with E-state index in [0.29, 0.717) is 18.1 Å². The highest BCUT2D eigenvalue weighted by Gasteiger charge is 2.23. The Morgan fingerprint density at radius 3 is 3.10 bits per heavy atom. The van der Waals surface area contributed by atoms with Crippen molar-refractivity contribution in [2.24, 2.45) is 0 Å².